The van der Waals surface area contributed by atoms with Gasteiger partial charge >= 0.3 is 12.1 Å². The Morgan fingerprint density at radius 3 is 2.54 bits per heavy atom. The molecule has 2 aromatic rings. The number of rotatable bonds is 9. The van der Waals surface area contributed by atoms with E-state index in [4.69, 9.17) is 9.57 Å². The van der Waals surface area contributed by atoms with Crippen LogP contribution in [-0.4, -0.2) is 78.0 Å². The van der Waals surface area contributed by atoms with E-state index in [1.54, 1.807) is 33.9 Å². The Bertz CT molecular complexity index is 1230. The molecule has 0 radical (unpaired) electrons. The predicted molar refractivity (Wildman–Crippen MR) is 130 cm³/mol. The van der Waals surface area contributed by atoms with Crippen molar-refractivity contribution in [3.63, 3.8) is 0 Å². The lowest BCUT2D eigenvalue weighted by molar-refractivity contribution is -0.161. The van der Waals surface area contributed by atoms with Crippen LogP contribution in [0.5, 0.6) is 0 Å². The zero-order valence-electron chi connectivity index (χ0n) is 21.1. The highest BCUT2D eigenvalue weighted by Gasteiger charge is 2.42. The fraction of sp³-hybridized carbons (Fsp3) is 0.524. The lowest BCUT2D eigenvalue weighted by atomic mass is 9.98. The summed E-state index contributed by atoms with van der Waals surface area (Å²) in [5, 5.41) is 30.5. The second kappa shape index (κ2) is 10.5. The van der Waals surface area contributed by atoms with Gasteiger partial charge in [-0.1, -0.05) is 5.16 Å². The minimum Gasteiger partial charge on any atom is -0.478 e. The van der Waals surface area contributed by atoms with Crippen LogP contribution in [0.2, 0.25) is 0 Å². The highest BCUT2D eigenvalue weighted by Crippen LogP contribution is 2.20. The van der Waals surface area contributed by atoms with E-state index in [9.17, 15) is 24.3 Å². The number of nitrogens with one attached hydrogen (secondary N) is 3. The summed E-state index contributed by atoms with van der Waals surface area (Å²) in [4.78, 5) is 59.5. The Hall–Kier alpha value is -4.08. The monoisotopic (exact) mass is 536 g/mol. The van der Waals surface area contributed by atoms with Crippen molar-refractivity contribution in [3.8, 4) is 0 Å². The van der Waals surface area contributed by atoms with Crippen LogP contribution >= 0.6 is 11.3 Å². The first-order valence-corrected chi connectivity index (χ1v) is 12.0. The van der Waals surface area contributed by atoms with Gasteiger partial charge in [0.25, 0.3) is 5.91 Å². The first-order valence-electron chi connectivity index (χ1n) is 11.1. The van der Waals surface area contributed by atoms with Gasteiger partial charge in [0.1, 0.15) is 17.3 Å². The molecule has 0 aromatic carbocycles. The molecule has 0 spiro atoms. The van der Waals surface area contributed by atoms with Crippen LogP contribution in [0.3, 0.4) is 0 Å². The minimum absolute atomic E-state index is 0.0182. The predicted octanol–water partition coefficient (Wildman–Crippen LogP) is 0.657. The normalized spacial score (nSPS) is 17.9. The van der Waals surface area contributed by atoms with Crippen LogP contribution in [0.25, 0.3) is 0 Å². The van der Waals surface area contributed by atoms with Gasteiger partial charge in [-0.2, -0.15) is 15.0 Å². The molecule has 1 fully saturated rings. The average Bonchev–Trinajstić information content (AvgIpc) is 3.39. The van der Waals surface area contributed by atoms with E-state index in [1.165, 1.54) is 24.0 Å². The van der Waals surface area contributed by atoms with E-state index in [0.717, 1.165) is 11.3 Å². The number of thiazole rings is 1. The van der Waals surface area contributed by atoms with E-state index in [0.29, 0.717) is 5.69 Å². The fourth-order valence-electron chi connectivity index (χ4n) is 2.85. The van der Waals surface area contributed by atoms with E-state index in [-0.39, 0.29) is 17.4 Å². The van der Waals surface area contributed by atoms with Crippen molar-refractivity contribution >= 4 is 46.1 Å². The number of oxime groups is 1. The molecule has 16 heteroatoms. The lowest BCUT2D eigenvalue weighted by Crippen LogP contribution is -2.70. The molecule has 200 valence electrons. The SMILES string of the molecule is Cc1cnn(C[C@@H]2NC(=O)C2NC(=O)/C(=N\OC(C)(C)C(=O)O)c2csc(NC(=O)OC(C)(C)C)n2)n1. The van der Waals surface area contributed by atoms with Crippen LogP contribution < -0.4 is 16.0 Å². The summed E-state index contributed by atoms with van der Waals surface area (Å²) >= 11 is 0.978. The maximum atomic E-state index is 13.2. The number of anilines is 1. The maximum absolute atomic E-state index is 13.2. The van der Waals surface area contributed by atoms with Gasteiger partial charge in [0, 0.05) is 5.38 Å². The summed E-state index contributed by atoms with van der Waals surface area (Å²) in [5.74, 6) is -2.59. The van der Waals surface area contributed by atoms with Crippen molar-refractivity contribution in [2.45, 2.75) is 71.4 Å². The van der Waals surface area contributed by atoms with Crippen molar-refractivity contribution in [3.05, 3.63) is 23.0 Å². The Labute approximate surface area is 215 Å². The van der Waals surface area contributed by atoms with E-state index >= 15 is 0 Å². The summed E-state index contributed by atoms with van der Waals surface area (Å²) < 4.78 is 5.19. The van der Waals surface area contributed by atoms with Crippen LogP contribution in [0.15, 0.2) is 16.7 Å². The number of β-lactam (4-membered cyclic amide) rings is 1. The summed E-state index contributed by atoms with van der Waals surface area (Å²) in [6.07, 6.45) is 0.807. The molecule has 2 atom stereocenters. The third kappa shape index (κ3) is 7.22. The van der Waals surface area contributed by atoms with Crippen molar-refractivity contribution in [2.75, 3.05) is 5.32 Å². The molecule has 1 unspecified atom stereocenters. The molecule has 1 aliphatic rings. The number of hydrogen-bond acceptors (Lipinski definition) is 11. The molecule has 1 saturated heterocycles. The Morgan fingerprint density at radius 1 is 1.27 bits per heavy atom. The second-order valence-corrected chi connectivity index (χ2v) is 10.5. The Balaban J connectivity index is 1.79. The Kier molecular flexibility index (Phi) is 7.80. The third-order valence-corrected chi connectivity index (χ3v) is 5.52. The van der Waals surface area contributed by atoms with E-state index in [2.05, 4.69) is 36.3 Å². The molecule has 3 rings (SSSR count). The summed E-state index contributed by atoms with van der Waals surface area (Å²) in [6, 6.07) is -1.44. The van der Waals surface area contributed by atoms with Gasteiger partial charge in [-0.3, -0.25) is 14.9 Å². The van der Waals surface area contributed by atoms with E-state index in [1.807, 2.05) is 0 Å². The van der Waals surface area contributed by atoms with Crippen molar-refractivity contribution in [1.29, 1.82) is 0 Å². The Morgan fingerprint density at radius 2 is 1.97 bits per heavy atom. The number of aryl methyl sites for hydroxylation is 1. The number of ether oxygens (including phenoxy) is 1. The first kappa shape index (κ1) is 27.5. The quantitative estimate of drug-likeness (QED) is 0.200. The van der Waals surface area contributed by atoms with Gasteiger partial charge in [0.05, 0.1) is 24.5 Å². The van der Waals surface area contributed by atoms with Crippen LogP contribution in [0.4, 0.5) is 9.93 Å². The summed E-state index contributed by atoms with van der Waals surface area (Å²) in [7, 11) is 0. The van der Waals surface area contributed by atoms with Crippen molar-refractivity contribution < 1.29 is 33.9 Å². The maximum Gasteiger partial charge on any atom is 0.413 e. The van der Waals surface area contributed by atoms with E-state index < -0.39 is 52.9 Å². The topological polar surface area (TPSA) is 199 Å². The molecule has 4 N–H and O–H groups in total. The number of aliphatic carboxylic acids is 1. The zero-order chi connectivity index (χ0) is 27.5. The standard InChI is InChI=1S/C21H28N8O7S/c1-10-7-22-29(27-10)8-11-13(15(30)23-11)25-16(31)14(28-36-21(5,6)17(32)33)12-9-37-18(24-12)26-19(34)35-20(2,3)4/h7,9,11,13H,8H2,1-6H3,(H,23,30)(H,25,31)(H,32,33)(H,24,26,34)/b28-14-/t11-,13?/m0/s1. The molecule has 0 bridgehead atoms. The van der Waals surface area contributed by atoms with Crippen molar-refractivity contribution in [2.24, 2.45) is 5.16 Å². The molecule has 3 heterocycles. The smallest absolute Gasteiger partial charge is 0.413 e. The third-order valence-electron chi connectivity index (χ3n) is 4.76. The minimum atomic E-state index is -1.76. The molecule has 1 aliphatic heterocycles. The molecule has 15 nitrogen and oxygen atoms in total. The van der Waals surface area contributed by atoms with Gasteiger partial charge in [-0.25, -0.2) is 14.6 Å². The number of hydrogen-bond donors (Lipinski definition) is 4. The molecule has 37 heavy (non-hydrogen) atoms. The largest absolute Gasteiger partial charge is 0.478 e. The van der Waals surface area contributed by atoms with Gasteiger partial charge in [0.15, 0.2) is 10.8 Å². The molecule has 0 saturated carbocycles. The molecule has 3 amide bonds. The molecule has 2 aromatic heterocycles. The summed E-state index contributed by atoms with van der Waals surface area (Å²) in [5.41, 5.74) is -2.22. The molecular formula is C21H28N8O7S. The number of carbonyl (C=O) groups is 4. The number of carbonyl (C=O) groups excluding carboxylic acids is 3. The van der Waals surface area contributed by atoms with Crippen LogP contribution in [-0.2, 0) is 30.5 Å². The van der Waals surface area contributed by atoms with Gasteiger partial charge in [0.2, 0.25) is 11.5 Å². The van der Waals surface area contributed by atoms with Crippen LogP contribution in [0.1, 0.15) is 46.0 Å². The number of nitrogens with zero attached hydrogens (tertiary/aromatic N) is 5. The highest BCUT2D eigenvalue weighted by molar-refractivity contribution is 7.14. The molecular weight excluding hydrogens is 508 g/mol. The van der Waals surface area contributed by atoms with Crippen LogP contribution in [0, 0.1) is 6.92 Å². The summed E-state index contributed by atoms with van der Waals surface area (Å²) in [6.45, 7) is 9.57. The number of amides is 3. The second-order valence-electron chi connectivity index (χ2n) is 9.62. The average molecular weight is 537 g/mol. The number of carboxylic acid groups (broad SMARTS) is 1. The highest BCUT2D eigenvalue weighted by atomic mass is 32.1. The lowest BCUT2D eigenvalue weighted by Gasteiger charge is -2.36. The fourth-order valence-corrected chi connectivity index (χ4v) is 3.53. The molecule has 0 aliphatic carbocycles. The zero-order valence-corrected chi connectivity index (χ0v) is 21.9. The first-order chi connectivity index (χ1) is 17.1. The van der Waals surface area contributed by atoms with Gasteiger partial charge < -0.3 is 25.3 Å². The number of carboxylic acids is 1. The van der Waals surface area contributed by atoms with Gasteiger partial charge in [-0.15, -0.1) is 11.3 Å². The van der Waals surface area contributed by atoms with Gasteiger partial charge in [-0.05, 0) is 41.5 Å². The number of aromatic nitrogens is 4. The van der Waals surface area contributed by atoms with Crippen molar-refractivity contribution in [1.82, 2.24) is 30.6 Å².